The number of rotatable bonds is 2. The number of anilines is 1. The van der Waals surface area contributed by atoms with Crippen LogP contribution in [-0.2, 0) is 13.0 Å². The minimum atomic E-state index is -0.177. The third-order valence-electron chi connectivity index (χ3n) is 5.97. The zero-order valence-electron chi connectivity index (χ0n) is 17.6. The molecule has 7 heteroatoms. The van der Waals surface area contributed by atoms with Crippen molar-refractivity contribution in [2.45, 2.75) is 19.9 Å². The first kappa shape index (κ1) is 18.5. The summed E-state index contributed by atoms with van der Waals surface area (Å²) in [6.45, 7) is 3.50. The second-order valence-electron chi connectivity index (χ2n) is 8.07. The zero-order valence-corrected chi connectivity index (χ0v) is 17.6. The van der Waals surface area contributed by atoms with Gasteiger partial charge in [-0.1, -0.05) is 11.8 Å². The fourth-order valence-electron chi connectivity index (χ4n) is 4.33. The highest BCUT2D eigenvalue weighted by Crippen LogP contribution is 2.29. The van der Waals surface area contributed by atoms with Crippen LogP contribution in [0.4, 0.5) is 5.82 Å². The molecule has 0 unspecified atom stereocenters. The molecule has 0 bridgehead atoms. The van der Waals surface area contributed by atoms with Crippen molar-refractivity contribution in [3.8, 4) is 0 Å². The van der Waals surface area contributed by atoms with Crippen LogP contribution >= 0.6 is 0 Å². The maximum atomic E-state index is 12.2. The highest BCUT2D eigenvalue weighted by atomic mass is 16.1. The molecule has 0 saturated carbocycles. The highest BCUT2D eigenvalue weighted by Gasteiger charge is 2.22. The molecule has 0 aliphatic carbocycles. The minimum Gasteiger partial charge on any atom is -0.350 e. The molecule has 32 heavy (non-hydrogen) atoms. The third-order valence-corrected chi connectivity index (χ3v) is 5.97. The molecule has 0 fully saturated rings. The van der Waals surface area contributed by atoms with E-state index in [9.17, 15) is 4.79 Å². The molecule has 0 spiro atoms. The van der Waals surface area contributed by atoms with Gasteiger partial charge in [0.15, 0.2) is 11.5 Å². The average Bonchev–Trinajstić information content (AvgIpc) is 2.83. The molecule has 0 saturated heterocycles. The Balaban J connectivity index is 1.34. The van der Waals surface area contributed by atoms with E-state index in [4.69, 9.17) is 4.98 Å². The molecule has 0 aromatic carbocycles. The quantitative estimate of drug-likeness (QED) is 0.594. The summed E-state index contributed by atoms with van der Waals surface area (Å²) in [4.78, 5) is 25.5. The molecule has 0 N–H and O–H groups in total. The minimum absolute atomic E-state index is 0.177. The first-order valence-corrected chi connectivity index (χ1v) is 10.6. The Bertz CT molecular complexity index is 1490. The van der Waals surface area contributed by atoms with Crippen molar-refractivity contribution < 1.29 is 0 Å². The van der Waals surface area contributed by atoms with Crippen LogP contribution in [0.15, 0.2) is 83.5 Å². The molecular formula is C25H20N6O. The van der Waals surface area contributed by atoms with Crippen LogP contribution in [-0.4, -0.2) is 31.0 Å². The van der Waals surface area contributed by atoms with Gasteiger partial charge in [-0.15, -0.1) is 5.10 Å². The van der Waals surface area contributed by atoms with E-state index < -0.39 is 0 Å². The molecule has 3 aromatic heterocycles. The molecule has 7 nitrogen and oxygen atoms in total. The number of aryl methyl sites for hydroxylation is 1. The van der Waals surface area contributed by atoms with Crippen molar-refractivity contribution in [2.75, 3.05) is 11.4 Å². The van der Waals surface area contributed by atoms with Crippen LogP contribution < -0.4 is 10.5 Å². The molecule has 3 aliphatic heterocycles. The van der Waals surface area contributed by atoms with Gasteiger partial charge in [-0.2, -0.15) is 4.52 Å². The smallest absolute Gasteiger partial charge is 0.274 e. The van der Waals surface area contributed by atoms with Gasteiger partial charge in [-0.3, -0.25) is 9.78 Å². The number of hydrogen-bond donors (Lipinski definition) is 0. The largest absolute Gasteiger partial charge is 0.350 e. The molecular weight excluding hydrogens is 400 g/mol. The van der Waals surface area contributed by atoms with Gasteiger partial charge in [-0.25, -0.2) is 4.98 Å². The predicted octanol–water partition coefficient (Wildman–Crippen LogP) is 3.13. The van der Waals surface area contributed by atoms with E-state index in [0.717, 1.165) is 46.9 Å². The second-order valence-corrected chi connectivity index (χ2v) is 8.07. The SMILES string of the molecule is Cc1cc2nccc(=O)n2nc1N1CCc2ncc(C3=CN4C=CC=C=C4C=C3)cc2C1. The second kappa shape index (κ2) is 7.18. The summed E-state index contributed by atoms with van der Waals surface area (Å²) in [5.41, 5.74) is 10.1. The molecule has 156 valence electrons. The van der Waals surface area contributed by atoms with Crippen molar-refractivity contribution in [1.29, 1.82) is 0 Å². The number of hydrogen-bond acceptors (Lipinski definition) is 6. The van der Waals surface area contributed by atoms with Crippen LogP contribution in [0, 0.1) is 6.92 Å². The van der Waals surface area contributed by atoms with Crippen molar-refractivity contribution in [3.05, 3.63) is 111 Å². The maximum Gasteiger partial charge on any atom is 0.274 e. The lowest BCUT2D eigenvalue weighted by atomic mass is 9.99. The predicted molar refractivity (Wildman–Crippen MR) is 123 cm³/mol. The van der Waals surface area contributed by atoms with Crippen LogP contribution in [0.1, 0.15) is 22.4 Å². The summed E-state index contributed by atoms with van der Waals surface area (Å²) in [7, 11) is 0. The monoisotopic (exact) mass is 420 g/mol. The Morgan fingerprint density at radius 3 is 3.03 bits per heavy atom. The number of fused-ring (bicyclic) bond motifs is 3. The molecule has 0 radical (unpaired) electrons. The summed E-state index contributed by atoms with van der Waals surface area (Å²) < 4.78 is 1.37. The summed E-state index contributed by atoms with van der Waals surface area (Å²) in [6.07, 6.45) is 16.5. The molecule has 6 rings (SSSR count). The zero-order chi connectivity index (χ0) is 21.7. The number of allylic oxidation sites excluding steroid dienone is 4. The van der Waals surface area contributed by atoms with Crippen LogP contribution in [0.5, 0.6) is 0 Å². The van der Waals surface area contributed by atoms with Crippen molar-refractivity contribution in [2.24, 2.45) is 0 Å². The summed E-state index contributed by atoms with van der Waals surface area (Å²) >= 11 is 0. The lowest BCUT2D eigenvalue weighted by Crippen LogP contribution is -2.33. The van der Waals surface area contributed by atoms with E-state index in [2.05, 4.69) is 50.0 Å². The summed E-state index contributed by atoms with van der Waals surface area (Å²) in [6, 6.07) is 5.56. The standard InChI is InChI=1S/C25H20N6O/c1-17-12-23-26-9-7-24(32)31(23)28-25(17)30-11-8-22-20(16-30)13-19(14-27-22)18-5-6-21-4-2-3-10-29(21)15-18/h2-3,5-7,9-10,12-15H,8,11,16H2,1H3. The number of nitrogens with zero attached hydrogens (tertiary/aromatic N) is 6. The Labute approximate surface area is 184 Å². The lowest BCUT2D eigenvalue weighted by Gasteiger charge is -2.30. The fourth-order valence-corrected chi connectivity index (χ4v) is 4.33. The average molecular weight is 420 g/mol. The van der Waals surface area contributed by atoms with Crippen LogP contribution in [0.3, 0.4) is 0 Å². The Kier molecular flexibility index (Phi) is 4.16. The van der Waals surface area contributed by atoms with Crippen LogP contribution in [0.2, 0.25) is 0 Å². The first-order valence-electron chi connectivity index (χ1n) is 10.6. The van der Waals surface area contributed by atoms with E-state index in [-0.39, 0.29) is 5.56 Å². The lowest BCUT2D eigenvalue weighted by molar-refractivity contribution is 0.646. The molecule has 0 atom stereocenters. The first-order chi connectivity index (χ1) is 15.7. The van der Waals surface area contributed by atoms with Gasteiger partial charge in [0.2, 0.25) is 0 Å². The van der Waals surface area contributed by atoms with E-state index >= 15 is 0 Å². The van der Waals surface area contributed by atoms with Crippen molar-refractivity contribution in [1.82, 2.24) is 24.5 Å². The van der Waals surface area contributed by atoms with E-state index in [1.807, 2.05) is 37.5 Å². The summed E-state index contributed by atoms with van der Waals surface area (Å²) in [5, 5.41) is 4.63. The molecule has 0 amide bonds. The van der Waals surface area contributed by atoms with Gasteiger partial charge in [0, 0.05) is 61.6 Å². The van der Waals surface area contributed by atoms with Crippen molar-refractivity contribution in [3.63, 3.8) is 0 Å². The Morgan fingerprint density at radius 2 is 2.09 bits per heavy atom. The van der Waals surface area contributed by atoms with Crippen molar-refractivity contribution >= 4 is 17.0 Å². The number of aromatic nitrogens is 4. The third kappa shape index (κ3) is 3.07. The van der Waals surface area contributed by atoms with E-state index in [1.54, 1.807) is 0 Å². The maximum absolute atomic E-state index is 12.2. The molecule has 3 aliphatic rings. The topological polar surface area (TPSA) is 66.6 Å². The fraction of sp³-hybridized carbons (Fsp3) is 0.160. The Hall–Kier alpha value is -4.22. The van der Waals surface area contributed by atoms with Gasteiger partial charge >= 0.3 is 0 Å². The van der Waals surface area contributed by atoms with Gasteiger partial charge in [0.25, 0.3) is 5.56 Å². The summed E-state index contributed by atoms with van der Waals surface area (Å²) in [5.74, 6) is 0.806. The molecule has 3 aromatic rings. The van der Waals surface area contributed by atoms with Gasteiger partial charge < -0.3 is 9.80 Å². The Morgan fingerprint density at radius 1 is 1.16 bits per heavy atom. The van der Waals surface area contributed by atoms with Gasteiger partial charge in [-0.05, 0) is 54.0 Å². The van der Waals surface area contributed by atoms with Crippen LogP contribution in [0.25, 0.3) is 11.2 Å². The van der Waals surface area contributed by atoms with Gasteiger partial charge in [0.05, 0.1) is 5.70 Å². The highest BCUT2D eigenvalue weighted by molar-refractivity contribution is 5.76. The normalized spacial score (nSPS) is 16.7. The van der Waals surface area contributed by atoms with Gasteiger partial charge in [0.1, 0.15) is 0 Å². The number of pyridine rings is 1. The molecule has 6 heterocycles. The van der Waals surface area contributed by atoms with E-state index in [1.165, 1.54) is 22.3 Å². The van der Waals surface area contributed by atoms with E-state index in [0.29, 0.717) is 12.2 Å².